The maximum atomic E-state index is 14.3. The van der Waals surface area contributed by atoms with E-state index in [0.717, 1.165) is 17.0 Å². The van der Waals surface area contributed by atoms with Crippen molar-refractivity contribution in [1.82, 2.24) is 4.90 Å². The summed E-state index contributed by atoms with van der Waals surface area (Å²) in [7, 11) is 0. The fourth-order valence-corrected chi connectivity index (χ4v) is 8.23. The molecule has 4 amide bonds. The molecule has 2 saturated heterocycles. The Labute approximate surface area is 246 Å². The number of nitrogens with zero attached hydrogens (tertiary/aromatic N) is 2. The van der Waals surface area contributed by atoms with E-state index in [9.17, 15) is 28.7 Å². The number of phenolic OH excluding ortho intramolecular Hbond substituents is 1. The number of halogens is 3. The van der Waals surface area contributed by atoms with Gasteiger partial charge in [-0.15, -0.1) is 23.2 Å². The second-order valence-corrected chi connectivity index (χ2v) is 13.7. The zero-order valence-electron chi connectivity index (χ0n) is 23.0. The molecule has 7 nitrogen and oxygen atoms in total. The van der Waals surface area contributed by atoms with Crippen LogP contribution in [0.3, 0.4) is 0 Å². The second-order valence-electron chi connectivity index (χ2n) is 12.5. The van der Waals surface area contributed by atoms with Gasteiger partial charge in [-0.3, -0.25) is 24.1 Å². The van der Waals surface area contributed by atoms with E-state index in [1.54, 1.807) is 39.8 Å². The van der Waals surface area contributed by atoms with E-state index < -0.39 is 56.6 Å². The summed E-state index contributed by atoms with van der Waals surface area (Å²) in [5.74, 6) is -5.63. The first-order chi connectivity index (χ1) is 19.1. The van der Waals surface area contributed by atoms with E-state index in [0.29, 0.717) is 16.7 Å². The zero-order valence-corrected chi connectivity index (χ0v) is 24.5. The van der Waals surface area contributed by atoms with Crippen LogP contribution in [0.15, 0.2) is 54.1 Å². The number of rotatable bonds is 2. The molecule has 2 aromatic rings. The first-order valence-corrected chi connectivity index (χ1v) is 14.3. The number of benzene rings is 2. The van der Waals surface area contributed by atoms with Crippen molar-refractivity contribution in [3.63, 3.8) is 0 Å². The van der Waals surface area contributed by atoms with E-state index in [1.165, 1.54) is 23.1 Å². The molecular weight excluding hydrogens is 570 g/mol. The van der Waals surface area contributed by atoms with Gasteiger partial charge in [-0.25, -0.2) is 9.29 Å². The van der Waals surface area contributed by atoms with E-state index >= 15 is 0 Å². The molecule has 0 radical (unpaired) electrons. The number of likely N-dealkylation sites (tertiary alicyclic amines) is 1. The van der Waals surface area contributed by atoms with Crippen LogP contribution in [-0.4, -0.2) is 48.9 Å². The summed E-state index contributed by atoms with van der Waals surface area (Å²) in [4.78, 5) is 54.1. The molecule has 0 spiro atoms. The number of hydrogen-bond donors (Lipinski definition) is 1. The number of allylic oxidation sites excluding steroid dienone is 2. The molecule has 2 aliphatic heterocycles. The summed E-state index contributed by atoms with van der Waals surface area (Å²) in [6.45, 7) is 7.09. The highest BCUT2D eigenvalue weighted by Crippen LogP contribution is 2.66. The minimum atomic E-state index is -2.01. The van der Waals surface area contributed by atoms with Crippen LogP contribution < -0.4 is 4.90 Å². The number of aromatic hydroxyl groups is 1. The molecule has 10 heteroatoms. The van der Waals surface area contributed by atoms with Gasteiger partial charge in [-0.2, -0.15) is 0 Å². The van der Waals surface area contributed by atoms with Gasteiger partial charge in [-0.1, -0.05) is 23.8 Å². The molecule has 0 bridgehead atoms. The molecule has 6 unspecified atom stereocenters. The van der Waals surface area contributed by atoms with Crippen molar-refractivity contribution in [3.8, 4) is 5.75 Å². The summed E-state index contributed by atoms with van der Waals surface area (Å²) in [6, 6.07) is 9.70. The molecule has 1 saturated carbocycles. The number of imide groups is 2. The summed E-state index contributed by atoms with van der Waals surface area (Å²) >= 11 is 14.6. The molecule has 214 valence electrons. The lowest BCUT2D eigenvalue weighted by Crippen LogP contribution is -2.60. The Morgan fingerprint density at radius 1 is 0.951 bits per heavy atom. The normalized spacial score (nSPS) is 33.1. The number of hydrogen-bond acceptors (Lipinski definition) is 5. The SMILES string of the molecule is Cc1cc(C2C3=CCC4C(=O)N(C(C)(C)C)C(=O)C4C3CC3(Cl)C(=O)N(c4ccc(F)cc4)C(=O)C23Cl)ccc1O. The highest BCUT2D eigenvalue weighted by Gasteiger charge is 2.76. The van der Waals surface area contributed by atoms with Gasteiger partial charge in [0.15, 0.2) is 9.75 Å². The quantitative estimate of drug-likeness (QED) is 0.291. The molecule has 6 atom stereocenters. The third-order valence-corrected chi connectivity index (χ3v) is 10.5. The zero-order chi connectivity index (χ0) is 29.8. The van der Waals surface area contributed by atoms with E-state index in [-0.39, 0.29) is 36.1 Å². The molecule has 41 heavy (non-hydrogen) atoms. The molecular formula is C31H29Cl2FN2O5. The maximum absolute atomic E-state index is 14.3. The molecule has 4 aliphatic rings. The molecule has 6 rings (SSSR count). The Hall–Kier alpha value is -3.23. The highest BCUT2D eigenvalue weighted by atomic mass is 35.5. The smallest absolute Gasteiger partial charge is 0.258 e. The summed E-state index contributed by atoms with van der Waals surface area (Å²) in [5.41, 5.74) is 1.11. The number of fused-ring (bicyclic) bond motifs is 4. The van der Waals surface area contributed by atoms with Crippen molar-refractivity contribution in [1.29, 1.82) is 0 Å². The van der Waals surface area contributed by atoms with Gasteiger partial charge in [0, 0.05) is 11.5 Å². The van der Waals surface area contributed by atoms with Gasteiger partial charge in [0.25, 0.3) is 11.8 Å². The van der Waals surface area contributed by atoms with Gasteiger partial charge >= 0.3 is 0 Å². The van der Waals surface area contributed by atoms with Gasteiger partial charge in [0.1, 0.15) is 11.6 Å². The standard InChI is InChI=1S/C31H29Cl2FN2O5/c1-15-13-16(5-12-22(15)37)24-19-10-11-20-23(26(39)36(25(20)38)29(2,3)4)21(19)14-30(32)27(40)35(28(41)31(24,30)33)18-8-6-17(34)7-9-18/h5-10,12-13,20-21,23-24,37H,11,14H2,1-4H3. The minimum absolute atomic E-state index is 0.0405. The van der Waals surface area contributed by atoms with Crippen LogP contribution in [0.4, 0.5) is 10.1 Å². The molecule has 3 fully saturated rings. The lowest BCUT2D eigenvalue weighted by atomic mass is 9.56. The highest BCUT2D eigenvalue weighted by molar-refractivity contribution is 6.58. The lowest BCUT2D eigenvalue weighted by Gasteiger charge is -2.50. The van der Waals surface area contributed by atoms with E-state index in [2.05, 4.69) is 0 Å². The second kappa shape index (κ2) is 8.88. The Balaban J connectivity index is 1.56. The van der Waals surface area contributed by atoms with Gasteiger partial charge in [-0.05, 0) is 87.9 Å². The number of alkyl halides is 2. The Morgan fingerprint density at radius 3 is 2.22 bits per heavy atom. The maximum Gasteiger partial charge on any atom is 0.258 e. The number of amides is 4. The average Bonchev–Trinajstić information content (AvgIpc) is 3.25. The predicted octanol–water partition coefficient (Wildman–Crippen LogP) is 5.20. The Morgan fingerprint density at radius 2 is 1.61 bits per heavy atom. The summed E-state index contributed by atoms with van der Waals surface area (Å²) in [5, 5.41) is 10.3. The van der Waals surface area contributed by atoms with Gasteiger partial charge in [0.2, 0.25) is 11.8 Å². The first-order valence-electron chi connectivity index (χ1n) is 13.5. The monoisotopic (exact) mass is 598 g/mol. The van der Waals surface area contributed by atoms with Crippen molar-refractivity contribution >= 4 is 52.5 Å². The van der Waals surface area contributed by atoms with Crippen molar-refractivity contribution in [2.24, 2.45) is 17.8 Å². The number of carbonyl (C=O) groups excluding carboxylic acids is 4. The van der Waals surface area contributed by atoms with E-state index in [1.807, 2.05) is 6.08 Å². The summed E-state index contributed by atoms with van der Waals surface area (Å²) < 4.78 is 13.7. The topological polar surface area (TPSA) is 95.0 Å². The van der Waals surface area contributed by atoms with Crippen LogP contribution in [0.25, 0.3) is 0 Å². The molecule has 2 aliphatic carbocycles. The first kappa shape index (κ1) is 27.9. The van der Waals surface area contributed by atoms with Crippen LogP contribution >= 0.6 is 23.2 Å². The number of carbonyl (C=O) groups is 4. The Kier molecular flexibility index (Phi) is 6.05. The molecule has 2 heterocycles. The van der Waals surface area contributed by atoms with Crippen LogP contribution in [0, 0.1) is 30.5 Å². The minimum Gasteiger partial charge on any atom is -0.508 e. The number of anilines is 1. The van der Waals surface area contributed by atoms with E-state index in [4.69, 9.17) is 23.2 Å². The van der Waals surface area contributed by atoms with Crippen LogP contribution in [0.5, 0.6) is 5.75 Å². The third kappa shape index (κ3) is 3.62. The molecule has 1 N–H and O–H groups in total. The fourth-order valence-electron chi connectivity index (χ4n) is 7.29. The largest absolute Gasteiger partial charge is 0.508 e. The van der Waals surface area contributed by atoms with Crippen LogP contribution in [0.2, 0.25) is 0 Å². The molecule has 0 aromatic heterocycles. The van der Waals surface area contributed by atoms with Crippen LogP contribution in [-0.2, 0) is 19.2 Å². The van der Waals surface area contributed by atoms with Gasteiger partial charge < -0.3 is 5.11 Å². The van der Waals surface area contributed by atoms with Crippen LogP contribution in [0.1, 0.15) is 50.7 Å². The molecule has 2 aromatic carbocycles. The van der Waals surface area contributed by atoms with Crippen molar-refractivity contribution in [2.75, 3.05) is 4.90 Å². The summed E-state index contributed by atoms with van der Waals surface area (Å²) in [6.07, 6.45) is 2.00. The number of aryl methyl sites for hydroxylation is 1. The third-order valence-electron chi connectivity index (χ3n) is 9.12. The predicted molar refractivity (Wildman–Crippen MR) is 151 cm³/mol. The van der Waals surface area contributed by atoms with Gasteiger partial charge in [0.05, 0.1) is 17.5 Å². The lowest BCUT2D eigenvalue weighted by molar-refractivity contribution is -0.145. The van der Waals surface area contributed by atoms with Crippen molar-refractivity contribution in [2.45, 2.75) is 61.7 Å². The number of phenols is 1. The van der Waals surface area contributed by atoms with Crippen molar-refractivity contribution in [3.05, 3.63) is 71.1 Å². The van der Waals surface area contributed by atoms with Crippen molar-refractivity contribution < 1.29 is 28.7 Å². The Bertz CT molecular complexity index is 1570. The average molecular weight is 599 g/mol. The fraction of sp³-hybridized carbons (Fsp3) is 0.419.